The number of hydrogen-bond acceptors (Lipinski definition) is 7. The van der Waals surface area contributed by atoms with Crippen molar-refractivity contribution in [3.8, 4) is 0 Å². The van der Waals surface area contributed by atoms with Crippen LogP contribution in [0, 0.1) is 63.1 Å². The van der Waals surface area contributed by atoms with Crippen molar-refractivity contribution in [3.63, 3.8) is 0 Å². The number of fused-ring (bicyclic) bond motifs is 7. The fourth-order valence-corrected chi connectivity index (χ4v) is 13.3. The maximum atomic E-state index is 14.7. The number of allylic oxidation sites excluding steroid dienone is 2. The summed E-state index contributed by atoms with van der Waals surface area (Å²) in [5.41, 5.74) is 2.37. The fourth-order valence-electron chi connectivity index (χ4n) is 13.2. The first-order valence-electron chi connectivity index (χ1n) is 21.6. The summed E-state index contributed by atoms with van der Waals surface area (Å²) in [4.78, 5) is 44.0. The van der Waals surface area contributed by atoms with Crippen LogP contribution in [0.5, 0.6) is 0 Å². The van der Waals surface area contributed by atoms with Crippen LogP contribution < -0.4 is 0 Å². The summed E-state index contributed by atoms with van der Waals surface area (Å²) in [6.07, 6.45) is 7.14. The first kappa shape index (κ1) is 43.3. The number of aliphatic hydroxyl groups is 1. The van der Waals surface area contributed by atoms with Crippen LogP contribution in [-0.2, 0) is 25.7 Å². The molecule has 4 fully saturated rings. The van der Waals surface area contributed by atoms with Crippen LogP contribution in [0.1, 0.15) is 119 Å². The highest BCUT2D eigenvalue weighted by molar-refractivity contribution is 6.30. The topological polar surface area (TPSA) is 107 Å². The van der Waals surface area contributed by atoms with Gasteiger partial charge in [0.15, 0.2) is 5.78 Å². The van der Waals surface area contributed by atoms with Crippen LogP contribution in [0.15, 0.2) is 35.4 Å². The molecule has 2 unspecified atom stereocenters. The molecule has 0 saturated heterocycles. The molecule has 2 N–H and O–H groups in total. The minimum Gasteiger partial charge on any atom is -0.481 e. The number of hydrogen-bond donors (Lipinski definition) is 2. The Morgan fingerprint density at radius 3 is 2.18 bits per heavy atom. The molecule has 5 aliphatic carbocycles. The minimum absolute atomic E-state index is 0.0885. The number of carboxylic acid groups (broad SMARTS) is 1. The second-order valence-electron chi connectivity index (χ2n) is 21.0. The Labute approximate surface area is 342 Å². The Morgan fingerprint density at radius 2 is 1.55 bits per heavy atom. The van der Waals surface area contributed by atoms with Crippen LogP contribution in [-0.4, -0.2) is 83.7 Å². The number of carboxylic acids is 1. The van der Waals surface area contributed by atoms with Crippen molar-refractivity contribution in [2.24, 2.45) is 63.1 Å². The molecule has 0 radical (unpaired) electrons. The van der Waals surface area contributed by atoms with Gasteiger partial charge in [0.2, 0.25) is 0 Å². The van der Waals surface area contributed by atoms with Gasteiger partial charge in [-0.1, -0.05) is 70.8 Å². The second kappa shape index (κ2) is 16.1. The van der Waals surface area contributed by atoms with E-state index in [2.05, 4.69) is 65.4 Å². The number of halogens is 1. The predicted molar refractivity (Wildman–Crippen MR) is 222 cm³/mol. The molecule has 0 heterocycles. The standard InChI is InChI=1S/C47H71ClN2O6/c1-28(2)39-40-31(41(42(39)53)35(51)27-50(24-23-49(9)10)26-29-11-13-30(48)14-12-29)19-21-46(7)32-17-18-36-45(5,6)37(56-38(52)25-44(3,4)43(54)55)20-22-47(36,8)33(32)15-16-34(40)46/h11-14,28,31-37,41,51H,15-27H2,1-10H3,(H,54,55)/t31-,32+,33-,34+,35-,36?,37-,41?,46-,47+/m0/s1. The molecule has 0 amide bonds. The summed E-state index contributed by atoms with van der Waals surface area (Å²) in [5.74, 6) is 0.456. The van der Waals surface area contributed by atoms with Crippen LogP contribution >= 0.6 is 11.6 Å². The van der Waals surface area contributed by atoms with E-state index in [1.165, 1.54) is 5.57 Å². The first-order valence-corrected chi connectivity index (χ1v) is 22.0. The van der Waals surface area contributed by atoms with Gasteiger partial charge in [0.05, 0.1) is 23.9 Å². The average Bonchev–Trinajstić information content (AvgIpc) is 3.41. The van der Waals surface area contributed by atoms with E-state index in [-0.39, 0.29) is 46.4 Å². The quantitative estimate of drug-likeness (QED) is 0.191. The van der Waals surface area contributed by atoms with Gasteiger partial charge >= 0.3 is 11.9 Å². The molecule has 9 heteroatoms. The number of esters is 1. The Hall–Kier alpha value is -2.26. The number of nitrogens with zero attached hydrogens (tertiary/aromatic N) is 2. The summed E-state index contributed by atoms with van der Waals surface area (Å²) in [6.45, 7) is 19.9. The molecule has 56 heavy (non-hydrogen) atoms. The first-order chi connectivity index (χ1) is 26.1. The molecule has 1 aromatic rings. The summed E-state index contributed by atoms with van der Waals surface area (Å²) >= 11 is 6.20. The van der Waals surface area contributed by atoms with Gasteiger partial charge in [-0.2, -0.15) is 0 Å². The Balaban J connectivity index is 1.21. The predicted octanol–water partition coefficient (Wildman–Crippen LogP) is 8.92. The highest BCUT2D eigenvalue weighted by atomic mass is 35.5. The zero-order chi connectivity index (χ0) is 41.1. The van der Waals surface area contributed by atoms with E-state index in [1.807, 2.05) is 24.3 Å². The molecule has 6 rings (SSSR count). The van der Waals surface area contributed by atoms with Gasteiger partial charge in [-0.3, -0.25) is 19.3 Å². The fraction of sp³-hybridized carbons (Fsp3) is 0.766. The summed E-state index contributed by atoms with van der Waals surface area (Å²) in [7, 11) is 4.14. The molecule has 0 aromatic heterocycles. The zero-order valence-electron chi connectivity index (χ0n) is 36.0. The van der Waals surface area contributed by atoms with Gasteiger partial charge in [-0.15, -0.1) is 0 Å². The minimum atomic E-state index is -1.16. The number of carbonyl (C=O) groups is 3. The maximum Gasteiger partial charge on any atom is 0.309 e. The molecule has 5 aliphatic rings. The van der Waals surface area contributed by atoms with Crippen molar-refractivity contribution in [2.75, 3.05) is 33.7 Å². The van der Waals surface area contributed by atoms with E-state index in [0.717, 1.165) is 75.6 Å². The van der Waals surface area contributed by atoms with E-state index < -0.39 is 29.4 Å². The van der Waals surface area contributed by atoms with E-state index in [4.69, 9.17) is 16.3 Å². The van der Waals surface area contributed by atoms with Crippen molar-refractivity contribution in [2.45, 2.75) is 132 Å². The highest BCUT2D eigenvalue weighted by Gasteiger charge is 2.65. The van der Waals surface area contributed by atoms with Gasteiger partial charge in [0, 0.05) is 36.6 Å². The van der Waals surface area contributed by atoms with Gasteiger partial charge in [0.1, 0.15) is 6.10 Å². The SMILES string of the molecule is CC(C)C1=C2[C@H]3CC[C@H]4[C@@H](CCC5C(C)(C)[C@@H](OC(=O)CC(C)(C)C(=O)O)CC[C@@]54C)[C@]3(C)CC[C@@H]2C([C@@H](O)CN(CCN(C)C)Cc2ccc(Cl)cc2)C1=O. The molecular weight excluding hydrogens is 724 g/mol. The Kier molecular flexibility index (Phi) is 12.4. The Morgan fingerprint density at radius 1 is 0.929 bits per heavy atom. The molecule has 0 aliphatic heterocycles. The third-order valence-electron chi connectivity index (χ3n) is 16.1. The summed E-state index contributed by atoms with van der Waals surface area (Å²) in [5, 5.41) is 22.5. The third-order valence-corrected chi connectivity index (χ3v) is 16.4. The maximum absolute atomic E-state index is 14.7. The van der Waals surface area contributed by atoms with Crippen molar-refractivity contribution < 1.29 is 29.3 Å². The van der Waals surface area contributed by atoms with Gasteiger partial charge < -0.3 is 19.8 Å². The second-order valence-corrected chi connectivity index (χ2v) is 21.4. The van der Waals surface area contributed by atoms with Crippen LogP contribution in [0.3, 0.4) is 0 Å². The number of aliphatic carboxylic acids is 1. The number of Topliss-reactive ketones (excluding diaryl/α,β-unsaturated/α-hetero) is 1. The molecule has 1 aromatic carbocycles. The number of likely N-dealkylation sites (N-methyl/N-ethyl adjacent to an activating group) is 1. The highest BCUT2D eigenvalue weighted by Crippen LogP contribution is 2.71. The number of ketones is 1. The van der Waals surface area contributed by atoms with Gasteiger partial charge in [-0.25, -0.2) is 0 Å². The number of ether oxygens (including phenoxy) is 1. The van der Waals surface area contributed by atoms with E-state index in [9.17, 15) is 24.6 Å². The number of benzene rings is 1. The number of carbonyl (C=O) groups excluding carboxylic acids is 2. The summed E-state index contributed by atoms with van der Waals surface area (Å²) in [6, 6.07) is 7.93. The summed E-state index contributed by atoms with van der Waals surface area (Å²) < 4.78 is 6.16. The lowest BCUT2D eigenvalue weighted by atomic mass is 9.38. The molecule has 312 valence electrons. The van der Waals surface area contributed by atoms with Crippen LogP contribution in [0.2, 0.25) is 5.02 Å². The van der Waals surface area contributed by atoms with Crippen molar-refractivity contribution in [3.05, 3.63) is 46.0 Å². The normalized spacial score (nSPS) is 34.6. The van der Waals surface area contributed by atoms with Gasteiger partial charge in [0.25, 0.3) is 0 Å². The lowest BCUT2D eigenvalue weighted by Gasteiger charge is -2.67. The third kappa shape index (κ3) is 7.91. The lowest BCUT2D eigenvalue weighted by Crippen LogP contribution is -2.61. The molecule has 0 bridgehead atoms. The van der Waals surface area contributed by atoms with E-state index >= 15 is 0 Å². The van der Waals surface area contributed by atoms with Gasteiger partial charge in [-0.05, 0) is 149 Å². The molecule has 10 atom stereocenters. The monoisotopic (exact) mass is 795 g/mol. The number of aliphatic hydroxyl groups excluding tert-OH is 1. The number of rotatable bonds is 13. The molecular formula is C47H71ClN2O6. The lowest BCUT2D eigenvalue weighted by molar-refractivity contribution is -0.203. The van der Waals surface area contributed by atoms with Crippen molar-refractivity contribution >= 4 is 29.3 Å². The average molecular weight is 796 g/mol. The van der Waals surface area contributed by atoms with E-state index in [1.54, 1.807) is 13.8 Å². The molecule has 8 nitrogen and oxygen atoms in total. The zero-order valence-corrected chi connectivity index (χ0v) is 36.8. The van der Waals surface area contributed by atoms with E-state index in [0.29, 0.717) is 41.8 Å². The molecule has 4 saturated carbocycles. The van der Waals surface area contributed by atoms with Crippen molar-refractivity contribution in [1.29, 1.82) is 0 Å². The van der Waals surface area contributed by atoms with Crippen LogP contribution in [0.4, 0.5) is 0 Å². The Bertz CT molecular complexity index is 1670. The van der Waals surface area contributed by atoms with Crippen molar-refractivity contribution in [1.82, 2.24) is 9.80 Å². The molecule has 0 spiro atoms. The largest absolute Gasteiger partial charge is 0.481 e. The smallest absolute Gasteiger partial charge is 0.309 e. The van der Waals surface area contributed by atoms with Crippen LogP contribution in [0.25, 0.3) is 0 Å².